The first-order valence-electron chi connectivity index (χ1n) is 15.7. The fraction of sp³-hybridized carbons (Fsp3) is 0.647. The van der Waals surface area contributed by atoms with Gasteiger partial charge in [0.15, 0.2) is 0 Å². The van der Waals surface area contributed by atoms with Crippen molar-refractivity contribution < 1.29 is 19.1 Å². The van der Waals surface area contributed by atoms with Crippen molar-refractivity contribution in [3.8, 4) is 0 Å². The van der Waals surface area contributed by atoms with E-state index in [0.717, 1.165) is 42.3 Å². The van der Waals surface area contributed by atoms with Crippen molar-refractivity contribution in [2.45, 2.75) is 104 Å². The van der Waals surface area contributed by atoms with Gasteiger partial charge in [0, 0.05) is 35.8 Å². The van der Waals surface area contributed by atoms with E-state index in [1.54, 1.807) is 0 Å². The summed E-state index contributed by atoms with van der Waals surface area (Å²) in [6.45, 7) is 9.31. The Kier molecular flexibility index (Phi) is 10.4. The highest BCUT2D eigenvalue weighted by molar-refractivity contribution is 6.01. The number of benzene rings is 1. The lowest BCUT2D eigenvalue weighted by atomic mass is 9.89. The predicted molar refractivity (Wildman–Crippen MR) is 163 cm³/mol. The zero-order valence-electron chi connectivity index (χ0n) is 25.8. The maximum absolute atomic E-state index is 13.9. The maximum atomic E-state index is 13.9. The molecule has 2 aromatic rings. The Morgan fingerprint density at radius 3 is 2.37 bits per heavy atom. The zero-order valence-corrected chi connectivity index (χ0v) is 25.8. The van der Waals surface area contributed by atoms with Gasteiger partial charge in [-0.25, -0.2) is 4.98 Å². The second kappa shape index (κ2) is 13.8. The minimum atomic E-state index is -0.443. The van der Waals surface area contributed by atoms with Crippen LogP contribution in [0, 0.1) is 17.3 Å². The molecule has 7 nitrogen and oxygen atoms in total. The molecule has 1 N–H and O–H groups in total. The third kappa shape index (κ3) is 8.30. The fourth-order valence-electron chi connectivity index (χ4n) is 6.50. The molecule has 2 fully saturated rings. The Hall–Kier alpha value is -2.96. The summed E-state index contributed by atoms with van der Waals surface area (Å²) >= 11 is 0. The van der Waals surface area contributed by atoms with Gasteiger partial charge in [0.2, 0.25) is 0 Å². The van der Waals surface area contributed by atoms with Crippen LogP contribution in [0.4, 0.5) is 0 Å². The van der Waals surface area contributed by atoms with Crippen molar-refractivity contribution in [2.24, 2.45) is 17.3 Å². The molecule has 2 aliphatic rings. The Balaban J connectivity index is 1.63. The molecule has 2 aliphatic carbocycles. The molecular formula is C34H49N3O4. The first kappa shape index (κ1) is 31.0. The van der Waals surface area contributed by atoms with E-state index in [1.165, 1.54) is 52.1 Å². The van der Waals surface area contributed by atoms with E-state index < -0.39 is 5.41 Å². The maximum Gasteiger partial charge on any atom is 0.306 e. The molecule has 0 radical (unpaired) electrons. The van der Waals surface area contributed by atoms with Crippen molar-refractivity contribution >= 4 is 28.6 Å². The summed E-state index contributed by atoms with van der Waals surface area (Å²) in [6.07, 6.45) is 11.6. The van der Waals surface area contributed by atoms with Gasteiger partial charge in [-0.05, 0) is 60.1 Å². The Bertz CT molecular complexity index is 1230. The molecule has 1 heterocycles. The molecule has 4 rings (SSSR count). The monoisotopic (exact) mass is 563 g/mol. The number of ether oxygens (including phenoxy) is 1. The van der Waals surface area contributed by atoms with Crippen LogP contribution in [-0.2, 0) is 16.0 Å². The van der Waals surface area contributed by atoms with Crippen LogP contribution in [0.5, 0.6) is 0 Å². The van der Waals surface area contributed by atoms with E-state index in [9.17, 15) is 14.4 Å². The van der Waals surface area contributed by atoms with E-state index in [0.29, 0.717) is 35.7 Å². The predicted octanol–water partition coefficient (Wildman–Crippen LogP) is 6.72. The van der Waals surface area contributed by atoms with Gasteiger partial charge in [0.1, 0.15) is 5.69 Å². The SMILES string of the molecule is COC(=O)CC(C)(C)CNC(=O)c1cc2ccc(C(=O)N(CC(C)C)C3CCCCC3)cc2c(CC2CCCC2)n1. The molecule has 0 atom stereocenters. The van der Waals surface area contributed by atoms with Crippen molar-refractivity contribution in [1.82, 2.24) is 15.2 Å². The number of rotatable bonds is 11. The smallest absolute Gasteiger partial charge is 0.306 e. The third-order valence-electron chi connectivity index (χ3n) is 8.76. The van der Waals surface area contributed by atoms with E-state index in [1.807, 2.05) is 38.1 Å². The van der Waals surface area contributed by atoms with Gasteiger partial charge in [-0.3, -0.25) is 14.4 Å². The highest BCUT2D eigenvalue weighted by Gasteiger charge is 2.28. The van der Waals surface area contributed by atoms with E-state index >= 15 is 0 Å². The molecule has 224 valence electrons. The number of carbonyl (C=O) groups excluding carboxylic acids is 3. The number of carbonyl (C=O) groups is 3. The number of methoxy groups -OCH3 is 1. The molecule has 1 aromatic heterocycles. The van der Waals surface area contributed by atoms with Gasteiger partial charge >= 0.3 is 5.97 Å². The first-order chi connectivity index (χ1) is 19.6. The van der Waals surface area contributed by atoms with Crippen LogP contribution in [-0.4, -0.2) is 53.9 Å². The van der Waals surface area contributed by atoms with Gasteiger partial charge in [0.25, 0.3) is 11.8 Å². The number of nitrogens with zero attached hydrogens (tertiary/aromatic N) is 2. The van der Waals surface area contributed by atoms with Gasteiger partial charge in [-0.15, -0.1) is 0 Å². The van der Waals surface area contributed by atoms with Crippen molar-refractivity contribution in [3.63, 3.8) is 0 Å². The highest BCUT2D eigenvalue weighted by atomic mass is 16.5. The lowest BCUT2D eigenvalue weighted by Gasteiger charge is -2.35. The molecule has 0 spiro atoms. The summed E-state index contributed by atoms with van der Waals surface area (Å²) in [6, 6.07) is 8.06. The minimum Gasteiger partial charge on any atom is -0.469 e. The quantitative estimate of drug-likeness (QED) is 0.307. The van der Waals surface area contributed by atoms with Gasteiger partial charge in [-0.2, -0.15) is 0 Å². The molecule has 0 bridgehead atoms. The Morgan fingerprint density at radius 2 is 1.71 bits per heavy atom. The third-order valence-corrected chi connectivity index (χ3v) is 8.76. The average Bonchev–Trinajstić information content (AvgIpc) is 3.47. The first-order valence-corrected chi connectivity index (χ1v) is 15.7. The van der Waals surface area contributed by atoms with Crippen molar-refractivity contribution in [3.05, 3.63) is 41.2 Å². The normalized spacial score (nSPS) is 16.7. The summed E-state index contributed by atoms with van der Waals surface area (Å²) in [7, 11) is 1.37. The molecule has 1 aromatic carbocycles. The van der Waals surface area contributed by atoms with Crippen LogP contribution in [0.25, 0.3) is 10.8 Å². The summed E-state index contributed by atoms with van der Waals surface area (Å²) in [5.74, 6) is 0.501. The largest absolute Gasteiger partial charge is 0.469 e. The number of pyridine rings is 1. The summed E-state index contributed by atoms with van der Waals surface area (Å²) in [5.41, 5.74) is 1.54. The van der Waals surface area contributed by atoms with Gasteiger partial charge < -0.3 is 15.0 Å². The number of nitrogens with one attached hydrogen (secondary N) is 1. The van der Waals surface area contributed by atoms with E-state index in [-0.39, 0.29) is 24.2 Å². The van der Waals surface area contributed by atoms with E-state index in [2.05, 4.69) is 24.1 Å². The molecule has 0 unspecified atom stereocenters. The van der Waals surface area contributed by atoms with Crippen molar-refractivity contribution in [1.29, 1.82) is 0 Å². The van der Waals surface area contributed by atoms with Crippen LogP contribution in [0.2, 0.25) is 0 Å². The van der Waals surface area contributed by atoms with Crippen LogP contribution in [0.1, 0.15) is 118 Å². The van der Waals surface area contributed by atoms with Crippen molar-refractivity contribution in [2.75, 3.05) is 20.2 Å². The van der Waals surface area contributed by atoms with E-state index in [4.69, 9.17) is 9.72 Å². The molecule has 2 amide bonds. The standard InChI is InChI=1S/C34H49N3O4/c1-23(2)21-37(27-13-7-6-8-14-27)33(40)26-16-15-25-19-30(32(39)35-22-34(3,4)20-31(38)41-5)36-29(28(25)18-26)17-24-11-9-10-12-24/h15-16,18-19,23-24,27H,6-14,17,20-22H2,1-5H3,(H,35,39). The average molecular weight is 564 g/mol. The van der Waals surface area contributed by atoms with Crippen LogP contribution in [0.3, 0.4) is 0 Å². The summed E-state index contributed by atoms with van der Waals surface area (Å²) in [5, 5.41) is 4.88. The lowest BCUT2D eigenvalue weighted by Crippen LogP contribution is -2.43. The van der Waals surface area contributed by atoms with Crippen LogP contribution < -0.4 is 5.32 Å². The van der Waals surface area contributed by atoms with Gasteiger partial charge in [-0.1, -0.05) is 78.7 Å². The number of amides is 2. The topological polar surface area (TPSA) is 88.6 Å². The van der Waals surface area contributed by atoms with Crippen LogP contribution >= 0.6 is 0 Å². The molecule has 2 saturated carbocycles. The molecular weight excluding hydrogens is 514 g/mol. The Morgan fingerprint density at radius 1 is 1.02 bits per heavy atom. The second-order valence-electron chi connectivity index (χ2n) is 13.5. The Labute approximate surface area is 245 Å². The molecule has 41 heavy (non-hydrogen) atoms. The minimum absolute atomic E-state index is 0.106. The molecule has 0 aliphatic heterocycles. The number of hydrogen-bond donors (Lipinski definition) is 1. The number of hydrogen-bond acceptors (Lipinski definition) is 5. The van der Waals surface area contributed by atoms with Crippen LogP contribution in [0.15, 0.2) is 24.3 Å². The number of esters is 1. The summed E-state index contributed by atoms with van der Waals surface area (Å²) in [4.78, 5) is 46.0. The van der Waals surface area contributed by atoms with Gasteiger partial charge in [0.05, 0.1) is 13.5 Å². The highest BCUT2D eigenvalue weighted by Crippen LogP contribution is 2.32. The lowest BCUT2D eigenvalue weighted by molar-refractivity contribution is -0.142. The number of fused-ring (bicyclic) bond motifs is 1. The molecule has 0 saturated heterocycles. The summed E-state index contributed by atoms with van der Waals surface area (Å²) < 4.78 is 4.81. The molecule has 7 heteroatoms. The zero-order chi connectivity index (χ0) is 29.6. The second-order valence-corrected chi connectivity index (χ2v) is 13.5. The number of aromatic nitrogens is 1. The fourth-order valence-corrected chi connectivity index (χ4v) is 6.50.